The molecule has 0 saturated heterocycles. The smallest absolute Gasteiger partial charge is 0.0340 e. The van der Waals surface area contributed by atoms with Gasteiger partial charge < -0.3 is 10.6 Å². The van der Waals surface area contributed by atoms with Crippen LogP contribution in [0.4, 0.5) is 5.69 Å². The van der Waals surface area contributed by atoms with Gasteiger partial charge in [0.1, 0.15) is 0 Å². The second kappa shape index (κ2) is 5.60. The lowest BCUT2D eigenvalue weighted by Gasteiger charge is -2.05. The highest BCUT2D eigenvalue weighted by molar-refractivity contribution is 5.44. The van der Waals surface area contributed by atoms with Crippen LogP contribution in [0.25, 0.3) is 0 Å². The van der Waals surface area contributed by atoms with Crippen LogP contribution in [0.2, 0.25) is 0 Å². The van der Waals surface area contributed by atoms with E-state index >= 15 is 0 Å². The van der Waals surface area contributed by atoms with Crippen LogP contribution in [0.5, 0.6) is 0 Å². The molecule has 0 heterocycles. The summed E-state index contributed by atoms with van der Waals surface area (Å²) in [5, 5.41) is 6.49. The minimum absolute atomic E-state index is 1.03. The van der Waals surface area contributed by atoms with E-state index in [1.165, 1.54) is 11.3 Å². The van der Waals surface area contributed by atoms with E-state index in [1.807, 2.05) is 7.05 Å². The number of hydrogen-bond acceptors (Lipinski definition) is 2. The van der Waals surface area contributed by atoms with E-state index in [-0.39, 0.29) is 0 Å². The Morgan fingerprint density at radius 3 is 2.38 bits per heavy atom. The molecule has 0 aliphatic carbocycles. The second-order valence-electron chi connectivity index (χ2n) is 3.25. The molecule has 2 nitrogen and oxygen atoms in total. The van der Waals surface area contributed by atoms with E-state index in [9.17, 15) is 0 Å². The van der Waals surface area contributed by atoms with Crippen molar-refractivity contribution < 1.29 is 0 Å². The highest BCUT2D eigenvalue weighted by atomic mass is 14.9. The largest absolute Gasteiger partial charge is 0.385 e. The summed E-state index contributed by atoms with van der Waals surface area (Å²) in [6.07, 6.45) is 1.16. The first-order valence-corrected chi connectivity index (χ1v) is 4.78. The van der Waals surface area contributed by atoms with Crippen LogP contribution >= 0.6 is 0 Å². The molecular weight excluding hydrogens is 160 g/mol. The molecule has 0 unspecified atom stereocenters. The summed E-state index contributed by atoms with van der Waals surface area (Å²) < 4.78 is 0. The number of nitrogens with one attached hydrogen (secondary N) is 2. The van der Waals surface area contributed by atoms with Gasteiger partial charge in [0.2, 0.25) is 0 Å². The van der Waals surface area contributed by atoms with Crippen LogP contribution in [0.1, 0.15) is 12.0 Å². The van der Waals surface area contributed by atoms with Crippen molar-refractivity contribution in [1.29, 1.82) is 0 Å². The summed E-state index contributed by atoms with van der Waals surface area (Å²) in [5.41, 5.74) is 2.52. The van der Waals surface area contributed by atoms with Crippen molar-refractivity contribution in [2.75, 3.05) is 25.5 Å². The van der Waals surface area contributed by atoms with Gasteiger partial charge in [0.15, 0.2) is 0 Å². The normalized spacial score (nSPS) is 10.0. The average molecular weight is 178 g/mol. The van der Waals surface area contributed by atoms with Gasteiger partial charge in [-0.15, -0.1) is 0 Å². The molecular formula is C11H18N2. The second-order valence-corrected chi connectivity index (χ2v) is 3.25. The van der Waals surface area contributed by atoms with E-state index in [1.54, 1.807) is 0 Å². The Balaban J connectivity index is 2.25. The van der Waals surface area contributed by atoms with Gasteiger partial charge in [0.05, 0.1) is 0 Å². The summed E-state index contributed by atoms with van der Waals surface area (Å²) in [5.74, 6) is 0. The molecule has 0 aliphatic rings. The van der Waals surface area contributed by atoms with Gasteiger partial charge >= 0.3 is 0 Å². The third-order valence-corrected chi connectivity index (χ3v) is 1.98. The van der Waals surface area contributed by atoms with E-state index in [2.05, 4.69) is 41.8 Å². The molecule has 1 rings (SSSR count). The Labute approximate surface area is 80.4 Å². The Morgan fingerprint density at radius 2 is 1.77 bits per heavy atom. The molecule has 0 spiro atoms. The zero-order valence-corrected chi connectivity index (χ0v) is 8.43. The van der Waals surface area contributed by atoms with Gasteiger partial charge in [-0.25, -0.2) is 0 Å². The Bertz CT molecular complexity index is 228. The third-order valence-electron chi connectivity index (χ3n) is 1.98. The molecule has 13 heavy (non-hydrogen) atoms. The van der Waals surface area contributed by atoms with Gasteiger partial charge in [-0.1, -0.05) is 17.7 Å². The standard InChI is InChI=1S/C11H18N2/c1-10-4-6-11(7-5-10)13-9-3-8-12-2/h4-7,12-13H,3,8-9H2,1-2H3. The molecule has 1 aromatic carbocycles. The van der Waals surface area contributed by atoms with Crippen molar-refractivity contribution in [2.45, 2.75) is 13.3 Å². The molecule has 2 heteroatoms. The van der Waals surface area contributed by atoms with Crippen molar-refractivity contribution in [3.05, 3.63) is 29.8 Å². The molecule has 0 bridgehead atoms. The van der Waals surface area contributed by atoms with E-state index in [0.717, 1.165) is 19.5 Å². The first-order valence-electron chi connectivity index (χ1n) is 4.78. The maximum atomic E-state index is 3.37. The quantitative estimate of drug-likeness (QED) is 0.674. The predicted octanol–water partition coefficient (Wildman–Crippen LogP) is 2.02. The van der Waals surface area contributed by atoms with Crippen LogP contribution in [0.3, 0.4) is 0 Å². The summed E-state index contributed by atoms with van der Waals surface area (Å²) in [7, 11) is 1.98. The average Bonchev–Trinajstić information content (AvgIpc) is 2.15. The maximum absolute atomic E-state index is 3.37. The SMILES string of the molecule is CNCCCNc1ccc(C)cc1. The summed E-state index contributed by atoms with van der Waals surface area (Å²) in [6.45, 7) is 4.20. The number of rotatable bonds is 5. The lowest BCUT2D eigenvalue weighted by atomic mass is 10.2. The predicted molar refractivity (Wildman–Crippen MR) is 58.2 cm³/mol. The van der Waals surface area contributed by atoms with Gasteiger partial charge in [-0.2, -0.15) is 0 Å². The lowest BCUT2D eigenvalue weighted by molar-refractivity contribution is 0.748. The van der Waals surface area contributed by atoms with Gasteiger partial charge in [-0.3, -0.25) is 0 Å². The monoisotopic (exact) mass is 178 g/mol. The van der Waals surface area contributed by atoms with Crippen LogP contribution in [0.15, 0.2) is 24.3 Å². The molecule has 0 saturated carbocycles. The Hall–Kier alpha value is -1.02. The molecule has 0 radical (unpaired) electrons. The zero-order chi connectivity index (χ0) is 9.52. The highest BCUT2D eigenvalue weighted by Crippen LogP contribution is 2.07. The van der Waals surface area contributed by atoms with E-state index in [4.69, 9.17) is 0 Å². The molecule has 0 aromatic heterocycles. The van der Waals surface area contributed by atoms with Crippen LogP contribution in [-0.2, 0) is 0 Å². The zero-order valence-electron chi connectivity index (χ0n) is 8.43. The first kappa shape index (κ1) is 10.1. The molecule has 0 aliphatic heterocycles. The number of hydrogen-bond donors (Lipinski definition) is 2. The fourth-order valence-electron chi connectivity index (χ4n) is 1.17. The van der Waals surface area contributed by atoms with Crippen molar-refractivity contribution in [3.63, 3.8) is 0 Å². The van der Waals surface area contributed by atoms with Crippen molar-refractivity contribution >= 4 is 5.69 Å². The van der Waals surface area contributed by atoms with Crippen molar-refractivity contribution in [2.24, 2.45) is 0 Å². The minimum Gasteiger partial charge on any atom is -0.385 e. The topological polar surface area (TPSA) is 24.1 Å². The van der Waals surface area contributed by atoms with Crippen molar-refractivity contribution in [3.8, 4) is 0 Å². The lowest BCUT2D eigenvalue weighted by Crippen LogP contribution is -2.12. The highest BCUT2D eigenvalue weighted by Gasteiger charge is 1.89. The first-order chi connectivity index (χ1) is 6.33. The summed E-state index contributed by atoms with van der Waals surface area (Å²) >= 11 is 0. The molecule has 1 aromatic rings. The fraction of sp³-hybridized carbons (Fsp3) is 0.455. The number of aryl methyl sites for hydroxylation is 1. The fourth-order valence-corrected chi connectivity index (χ4v) is 1.17. The molecule has 0 fully saturated rings. The number of anilines is 1. The molecule has 2 N–H and O–H groups in total. The summed E-state index contributed by atoms with van der Waals surface area (Å²) in [6, 6.07) is 8.49. The van der Waals surface area contributed by atoms with Crippen LogP contribution in [0, 0.1) is 6.92 Å². The maximum Gasteiger partial charge on any atom is 0.0340 e. The summed E-state index contributed by atoms with van der Waals surface area (Å²) in [4.78, 5) is 0. The molecule has 0 amide bonds. The van der Waals surface area contributed by atoms with Gasteiger partial charge in [-0.05, 0) is 39.1 Å². The Kier molecular flexibility index (Phi) is 4.33. The number of benzene rings is 1. The minimum atomic E-state index is 1.03. The van der Waals surface area contributed by atoms with Gasteiger partial charge in [0.25, 0.3) is 0 Å². The molecule has 72 valence electrons. The van der Waals surface area contributed by atoms with Crippen molar-refractivity contribution in [1.82, 2.24) is 5.32 Å². The molecule has 0 atom stereocenters. The third kappa shape index (κ3) is 3.95. The Morgan fingerprint density at radius 1 is 1.08 bits per heavy atom. The van der Waals surface area contributed by atoms with E-state index < -0.39 is 0 Å². The van der Waals surface area contributed by atoms with Crippen LogP contribution in [-0.4, -0.2) is 20.1 Å². The van der Waals surface area contributed by atoms with Gasteiger partial charge in [0, 0.05) is 12.2 Å². The van der Waals surface area contributed by atoms with Crippen LogP contribution < -0.4 is 10.6 Å². The van der Waals surface area contributed by atoms with E-state index in [0.29, 0.717) is 0 Å².